The van der Waals surface area contributed by atoms with Crippen LogP contribution in [-0.4, -0.2) is 47.1 Å². The van der Waals surface area contributed by atoms with Gasteiger partial charge in [-0.3, -0.25) is 9.69 Å². The molecular formula is C25H29NO5S2. The second kappa shape index (κ2) is 10.8. The summed E-state index contributed by atoms with van der Waals surface area (Å²) in [5, 5.41) is 9.36. The summed E-state index contributed by atoms with van der Waals surface area (Å²) in [5.74, 6) is 2.53. The zero-order valence-electron chi connectivity index (χ0n) is 19.0. The maximum absolute atomic E-state index is 13.2. The predicted molar refractivity (Wildman–Crippen MR) is 135 cm³/mol. The van der Waals surface area contributed by atoms with E-state index in [0.717, 1.165) is 36.8 Å². The first-order chi connectivity index (χ1) is 16.0. The fourth-order valence-corrected chi connectivity index (χ4v) is 5.79. The third-order valence-corrected chi connectivity index (χ3v) is 7.48. The first-order valence-electron chi connectivity index (χ1n) is 11.3. The molecule has 0 atom stereocenters. The first kappa shape index (κ1) is 23.9. The molecular weight excluding hydrogens is 458 g/mol. The number of thioether (sulfide) groups is 1. The molecule has 1 saturated heterocycles. The van der Waals surface area contributed by atoms with Crippen LogP contribution in [0.2, 0.25) is 0 Å². The number of aliphatic hydroxyl groups excluding tert-OH is 1. The zero-order chi connectivity index (χ0) is 23.4. The number of hydrogen-bond donors (Lipinski definition) is 1. The average molecular weight is 488 g/mol. The highest BCUT2D eigenvalue weighted by Crippen LogP contribution is 2.40. The minimum absolute atomic E-state index is 0.0370. The Kier molecular flexibility index (Phi) is 7.78. The maximum atomic E-state index is 13.2. The Labute approximate surface area is 203 Å². The molecule has 1 aromatic heterocycles. The van der Waals surface area contributed by atoms with Gasteiger partial charge in [-0.2, -0.15) is 0 Å². The van der Waals surface area contributed by atoms with Gasteiger partial charge in [0, 0.05) is 24.8 Å². The van der Waals surface area contributed by atoms with Gasteiger partial charge in [0.1, 0.15) is 27.3 Å². The van der Waals surface area contributed by atoms with E-state index in [2.05, 4.69) is 0 Å². The van der Waals surface area contributed by atoms with Gasteiger partial charge in [0.25, 0.3) is 5.91 Å². The Hall–Kier alpha value is -2.29. The van der Waals surface area contributed by atoms with Gasteiger partial charge >= 0.3 is 0 Å². The molecule has 1 saturated carbocycles. The number of furan rings is 1. The van der Waals surface area contributed by atoms with Crippen molar-refractivity contribution in [2.45, 2.75) is 51.0 Å². The van der Waals surface area contributed by atoms with E-state index in [-0.39, 0.29) is 18.6 Å². The van der Waals surface area contributed by atoms with E-state index < -0.39 is 0 Å². The van der Waals surface area contributed by atoms with E-state index in [0.29, 0.717) is 45.1 Å². The maximum Gasteiger partial charge on any atom is 0.266 e. The van der Waals surface area contributed by atoms with Crippen molar-refractivity contribution in [3.8, 4) is 22.8 Å². The molecule has 8 heteroatoms. The molecule has 0 unspecified atom stereocenters. The third kappa shape index (κ3) is 5.13. The van der Waals surface area contributed by atoms with E-state index in [1.54, 1.807) is 31.3 Å². The second-order valence-electron chi connectivity index (χ2n) is 8.24. The predicted octanol–water partition coefficient (Wildman–Crippen LogP) is 5.42. The van der Waals surface area contributed by atoms with Crippen molar-refractivity contribution in [2.24, 2.45) is 0 Å². The first-order valence-corrected chi connectivity index (χ1v) is 12.5. The monoisotopic (exact) mass is 487 g/mol. The number of carbonyl (C=O) groups is 1. The lowest BCUT2D eigenvalue weighted by Gasteiger charge is -2.29. The van der Waals surface area contributed by atoms with Crippen molar-refractivity contribution in [3.63, 3.8) is 0 Å². The summed E-state index contributed by atoms with van der Waals surface area (Å²) in [4.78, 5) is 15.6. The minimum atomic E-state index is -0.0370. The third-order valence-electron chi connectivity index (χ3n) is 6.15. The number of thiocarbonyl (C=S) groups is 1. The lowest BCUT2D eigenvalue weighted by atomic mass is 9.94. The van der Waals surface area contributed by atoms with Crippen LogP contribution in [0.4, 0.5) is 0 Å². The smallest absolute Gasteiger partial charge is 0.266 e. The molecule has 1 aliphatic heterocycles. The summed E-state index contributed by atoms with van der Waals surface area (Å²) in [6, 6.07) is 7.69. The number of methoxy groups -OCH3 is 2. The number of benzene rings is 1. The second-order valence-corrected chi connectivity index (χ2v) is 9.91. The number of nitrogens with zero attached hydrogens (tertiary/aromatic N) is 1. The molecule has 0 spiro atoms. The molecule has 4 rings (SSSR count). The molecule has 1 aliphatic carbocycles. The zero-order valence-corrected chi connectivity index (χ0v) is 20.6. The molecule has 6 nitrogen and oxygen atoms in total. The Morgan fingerprint density at radius 3 is 2.70 bits per heavy atom. The molecule has 0 radical (unpaired) electrons. The van der Waals surface area contributed by atoms with Crippen LogP contribution in [0.5, 0.6) is 11.5 Å². The van der Waals surface area contributed by atoms with E-state index in [4.69, 9.17) is 26.1 Å². The van der Waals surface area contributed by atoms with Gasteiger partial charge in [0.2, 0.25) is 0 Å². The highest BCUT2D eigenvalue weighted by Gasteiger charge is 2.37. The standard InChI is InChI=1S/C25H29NO5S2/c1-29-18-10-11-19(21(14-18)30-2)22-13-16(7-6-12-27)20(31-22)15-23-24(28)26(25(32)33-23)17-8-4-3-5-9-17/h10-11,13-15,17,27H,3-9,12H2,1-2H3/b23-15-. The Bertz CT molecular complexity index is 1060. The normalized spacial score (nSPS) is 18.4. The van der Waals surface area contributed by atoms with Crippen LogP contribution in [0.1, 0.15) is 49.8 Å². The molecule has 2 aromatic rings. The summed E-state index contributed by atoms with van der Waals surface area (Å²) in [6.07, 6.45) is 8.53. The van der Waals surface area contributed by atoms with Crippen LogP contribution >= 0.6 is 24.0 Å². The lowest BCUT2D eigenvalue weighted by Crippen LogP contribution is -2.39. The molecule has 1 aromatic carbocycles. The van der Waals surface area contributed by atoms with Crippen LogP contribution in [0.15, 0.2) is 33.6 Å². The van der Waals surface area contributed by atoms with Crippen molar-refractivity contribution in [2.75, 3.05) is 20.8 Å². The van der Waals surface area contributed by atoms with Crippen molar-refractivity contribution in [1.82, 2.24) is 4.90 Å². The van der Waals surface area contributed by atoms with Crippen molar-refractivity contribution < 1.29 is 23.8 Å². The fraction of sp³-hybridized carbons (Fsp3) is 0.440. The summed E-state index contributed by atoms with van der Waals surface area (Å²) in [5.41, 5.74) is 1.72. The Morgan fingerprint density at radius 2 is 2.00 bits per heavy atom. The average Bonchev–Trinajstić information content (AvgIpc) is 3.37. The molecule has 2 aliphatic rings. The Balaban J connectivity index is 1.67. The molecule has 0 bridgehead atoms. The number of ether oxygens (including phenoxy) is 2. The molecule has 33 heavy (non-hydrogen) atoms. The molecule has 1 amide bonds. The number of hydrogen-bond acceptors (Lipinski definition) is 7. The van der Waals surface area contributed by atoms with Gasteiger partial charge in [-0.1, -0.05) is 43.2 Å². The van der Waals surface area contributed by atoms with E-state index >= 15 is 0 Å². The van der Waals surface area contributed by atoms with Gasteiger partial charge in [-0.15, -0.1) is 0 Å². The summed E-state index contributed by atoms with van der Waals surface area (Å²) in [6.45, 7) is 0.0790. The molecule has 2 fully saturated rings. The van der Waals surface area contributed by atoms with Crippen molar-refractivity contribution in [1.29, 1.82) is 0 Å². The van der Waals surface area contributed by atoms with Gasteiger partial charge in [-0.05, 0) is 49.4 Å². The van der Waals surface area contributed by atoms with Gasteiger partial charge < -0.3 is 19.0 Å². The number of aryl methyl sites for hydroxylation is 1. The number of amides is 1. The SMILES string of the molecule is COc1ccc(-c2cc(CCCO)c(/C=C3\SC(=S)N(C4CCCCC4)C3=O)o2)c(OC)c1. The number of carbonyl (C=O) groups excluding carboxylic acids is 1. The summed E-state index contributed by atoms with van der Waals surface area (Å²) in [7, 11) is 3.21. The van der Waals surface area contributed by atoms with Crippen LogP contribution in [0.3, 0.4) is 0 Å². The highest BCUT2D eigenvalue weighted by atomic mass is 32.2. The highest BCUT2D eigenvalue weighted by molar-refractivity contribution is 8.26. The summed E-state index contributed by atoms with van der Waals surface area (Å²) < 4.78 is 17.7. The quantitative estimate of drug-likeness (QED) is 0.394. The van der Waals surface area contributed by atoms with E-state index in [9.17, 15) is 9.90 Å². The van der Waals surface area contributed by atoms with Gasteiger partial charge in [0.15, 0.2) is 0 Å². The van der Waals surface area contributed by atoms with Gasteiger partial charge in [-0.25, -0.2) is 0 Å². The van der Waals surface area contributed by atoms with E-state index in [1.165, 1.54) is 18.2 Å². The fourth-order valence-electron chi connectivity index (χ4n) is 4.42. The van der Waals surface area contributed by atoms with Crippen molar-refractivity contribution >= 4 is 40.3 Å². The summed E-state index contributed by atoms with van der Waals surface area (Å²) >= 11 is 6.91. The molecule has 1 N–H and O–H groups in total. The van der Waals surface area contributed by atoms with Crippen LogP contribution in [-0.2, 0) is 11.2 Å². The Morgan fingerprint density at radius 1 is 1.21 bits per heavy atom. The lowest BCUT2D eigenvalue weighted by molar-refractivity contribution is -0.124. The topological polar surface area (TPSA) is 72.1 Å². The van der Waals surface area contributed by atoms with Crippen LogP contribution in [0, 0.1) is 0 Å². The molecule has 2 heterocycles. The van der Waals surface area contributed by atoms with Crippen LogP contribution < -0.4 is 9.47 Å². The minimum Gasteiger partial charge on any atom is -0.497 e. The molecule has 176 valence electrons. The van der Waals surface area contributed by atoms with Crippen LogP contribution in [0.25, 0.3) is 17.4 Å². The number of rotatable bonds is 8. The van der Waals surface area contributed by atoms with Gasteiger partial charge in [0.05, 0.1) is 24.7 Å². The van der Waals surface area contributed by atoms with E-state index in [1.807, 2.05) is 18.2 Å². The number of aliphatic hydroxyl groups is 1. The largest absolute Gasteiger partial charge is 0.497 e. The van der Waals surface area contributed by atoms with Crippen molar-refractivity contribution in [3.05, 3.63) is 40.5 Å².